The summed E-state index contributed by atoms with van der Waals surface area (Å²) in [5.41, 5.74) is 3.85. The molecule has 0 unspecified atom stereocenters. The summed E-state index contributed by atoms with van der Waals surface area (Å²) in [6.45, 7) is 0.410. The first-order chi connectivity index (χ1) is 12.2. The summed E-state index contributed by atoms with van der Waals surface area (Å²) < 4.78 is 1.74. The minimum absolute atomic E-state index is 0.256. The summed E-state index contributed by atoms with van der Waals surface area (Å²) >= 11 is 1.47. The van der Waals surface area contributed by atoms with Crippen molar-refractivity contribution in [1.82, 2.24) is 25.1 Å². The molecule has 3 heterocycles. The van der Waals surface area contributed by atoms with Crippen LogP contribution in [-0.4, -0.2) is 25.8 Å². The van der Waals surface area contributed by atoms with Crippen LogP contribution in [0, 0.1) is 0 Å². The number of carbonyl (C=O) groups excluding carboxylic acids is 1. The van der Waals surface area contributed by atoms with Crippen LogP contribution in [0.25, 0.3) is 11.3 Å². The van der Waals surface area contributed by atoms with Crippen LogP contribution in [0.1, 0.15) is 30.0 Å². The van der Waals surface area contributed by atoms with E-state index in [9.17, 15) is 4.79 Å². The Hall–Kier alpha value is -2.74. The van der Waals surface area contributed by atoms with Crippen molar-refractivity contribution in [2.45, 2.75) is 25.3 Å². The SMILES string of the molecule is Cn1cc(-c2ccc(CNC(=O)Nc3nc(C4CC4)cs3)cn2)cn1. The average Bonchev–Trinajstić information content (AvgIpc) is 3.22. The number of hydrogen-bond acceptors (Lipinski definition) is 5. The lowest BCUT2D eigenvalue weighted by Crippen LogP contribution is -2.28. The van der Waals surface area contributed by atoms with Gasteiger partial charge < -0.3 is 5.32 Å². The maximum atomic E-state index is 12.0. The summed E-state index contributed by atoms with van der Waals surface area (Å²) in [7, 11) is 1.87. The van der Waals surface area contributed by atoms with E-state index in [0.717, 1.165) is 22.5 Å². The van der Waals surface area contributed by atoms with Crippen LogP contribution in [0.5, 0.6) is 0 Å². The van der Waals surface area contributed by atoms with Gasteiger partial charge in [-0.15, -0.1) is 11.3 Å². The van der Waals surface area contributed by atoms with Crippen molar-refractivity contribution >= 4 is 22.5 Å². The Balaban J connectivity index is 1.30. The van der Waals surface area contributed by atoms with E-state index in [0.29, 0.717) is 17.6 Å². The molecule has 128 valence electrons. The molecule has 25 heavy (non-hydrogen) atoms. The minimum atomic E-state index is -0.256. The highest BCUT2D eigenvalue weighted by Gasteiger charge is 2.26. The highest BCUT2D eigenvalue weighted by molar-refractivity contribution is 7.13. The third kappa shape index (κ3) is 3.85. The van der Waals surface area contributed by atoms with Gasteiger partial charge in [0.1, 0.15) is 0 Å². The molecule has 1 aliphatic carbocycles. The third-order valence-corrected chi connectivity index (χ3v) is 4.79. The fourth-order valence-corrected chi connectivity index (χ4v) is 3.27. The maximum absolute atomic E-state index is 12.0. The first-order valence-electron chi connectivity index (χ1n) is 8.11. The van der Waals surface area contributed by atoms with Gasteiger partial charge in [-0.1, -0.05) is 6.07 Å². The number of hydrogen-bond donors (Lipinski definition) is 2. The lowest BCUT2D eigenvalue weighted by molar-refractivity contribution is 0.251. The van der Waals surface area contributed by atoms with Gasteiger partial charge in [-0.05, 0) is 24.5 Å². The fourth-order valence-electron chi connectivity index (χ4n) is 2.49. The van der Waals surface area contributed by atoms with Gasteiger partial charge in [0, 0.05) is 42.8 Å². The molecule has 0 aliphatic heterocycles. The van der Waals surface area contributed by atoms with Crippen LogP contribution in [0.2, 0.25) is 0 Å². The van der Waals surface area contributed by atoms with Crippen molar-refractivity contribution in [3.8, 4) is 11.3 Å². The Morgan fingerprint density at radius 2 is 2.24 bits per heavy atom. The maximum Gasteiger partial charge on any atom is 0.321 e. The molecule has 7 nitrogen and oxygen atoms in total. The van der Waals surface area contributed by atoms with Crippen LogP contribution in [-0.2, 0) is 13.6 Å². The van der Waals surface area contributed by atoms with Crippen molar-refractivity contribution in [3.63, 3.8) is 0 Å². The number of aromatic nitrogens is 4. The molecule has 4 rings (SSSR count). The van der Waals surface area contributed by atoms with E-state index < -0.39 is 0 Å². The van der Waals surface area contributed by atoms with Crippen molar-refractivity contribution in [1.29, 1.82) is 0 Å². The second-order valence-electron chi connectivity index (χ2n) is 6.11. The molecule has 8 heteroatoms. The van der Waals surface area contributed by atoms with Crippen molar-refractivity contribution in [2.24, 2.45) is 7.05 Å². The number of urea groups is 1. The predicted molar refractivity (Wildman–Crippen MR) is 96.4 cm³/mol. The Morgan fingerprint density at radius 1 is 1.36 bits per heavy atom. The molecular formula is C17H18N6OS. The Kier molecular flexibility index (Phi) is 4.19. The topological polar surface area (TPSA) is 84.7 Å². The molecule has 1 fully saturated rings. The predicted octanol–water partition coefficient (Wildman–Crippen LogP) is 3.14. The molecule has 0 bridgehead atoms. The van der Waals surface area contributed by atoms with Gasteiger partial charge in [0.15, 0.2) is 5.13 Å². The first kappa shape index (κ1) is 15.8. The van der Waals surface area contributed by atoms with E-state index in [1.54, 1.807) is 17.1 Å². The Bertz CT molecular complexity index is 881. The minimum Gasteiger partial charge on any atom is -0.334 e. The highest BCUT2D eigenvalue weighted by atomic mass is 32.1. The van der Waals surface area contributed by atoms with Gasteiger partial charge in [0.2, 0.25) is 0 Å². The zero-order valence-electron chi connectivity index (χ0n) is 13.8. The van der Waals surface area contributed by atoms with Crippen LogP contribution in [0.4, 0.5) is 9.93 Å². The van der Waals surface area contributed by atoms with E-state index in [4.69, 9.17) is 0 Å². The third-order valence-electron chi connectivity index (χ3n) is 4.02. The normalized spacial score (nSPS) is 13.6. The van der Waals surface area contributed by atoms with Gasteiger partial charge in [-0.2, -0.15) is 5.10 Å². The molecule has 3 aromatic heterocycles. The molecule has 3 aromatic rings. The van der Waals surface area contributed by atoms with Crippen molar-refractivity contribution in [3.05, 3.63) is 47.4 Å². The lowest BCUT2D eigenvalue weighted by Gasteiger charge is -2.06. The van der Waals surface area contributed by atoms with E-state index in [1.165, 1.54) is 24.2 Å². The van der Waals surface area contributed by atoms with Gasteiger partial charge in [-0.25, -0.2) is 9.78 Å². The number of carbonyl (C=O) groups is 1. The number of nitrogens with one attached hydrogen (secondary N) is 2. The summed E-state index contributed by atoms with van der Waals surface area (Å²) in [4.78, 5) is 20.8. The second-order valence-corrected chi connectivity index (χ2v) is 6.97. The van der Waals surface area contributed by atoms with Crippen LogP contribution in [0.3, 0.4) is 0 Å². The number of pyridine rings is 1. The standard InChI is InChI=1S/C17H18N6OS/c1-23-9-13(8-20-23)14-5-2-11(6-18-14)7-19-16(24)22-17-21-15(10-25-17)12-3-4-12/h2,5-6,8-10,12H,3-4,7H2,1H3,(H2,19,21,22,24). The monoisotopic (exact) mass is 354 g/mol. The first-order valence-corrected chi connectivity index (χ1v) is 8.99. The number of nitrogens with zero attached hydrogens (tertiary/aromatic N) is 4. The van der Waals surface area contributed by atoms with E-state index in [-0.39, 0.29) is 6.03 Å². The summed E-state index contributed by atoms with van der Waals surface area (Å²) in [6.07, 6.45) is 7.86. The highest BCUT2D eigenvalue weighted by Crippen LogP contribution is 2.40. The molecule has 0 aromatic carbocycles. The second kappa shape index (κ2) is 6.64. The van der Waals surface area contributed by atoms with Gasteiger partial charge in [0.25, 0.3) is 0 Å². The number of aryl methyl sites for hydroxylation is 1. The Morgan fingerprint density at radius 3 is 2.92 bits per heavy atom. The average molecular weight is 354 g/mol. The number of thiazole rings is 1. The van der Waals surface area contributed by atoms with Gasteiger partial charge >= 0.3 is 6.03 Å². The molecule has 2 amide bonds. The summed E-state index contributed by atoms with van der Waals surface area (Å²) in [6, 6.07) is 3.62. The molecule has 0 spiro atoms. The zero-order chi connectivity index (χ0) is 17.2. The molecule has 0 atom stereocenters. The van der Waals surface area contributed by atoms with Gasteiger partial charge in [-0.3, -0.25) is 15.0 Å². The lowest BCUT2D eigenvalue weighted by atomic mass is 10.2. The zero-order valence-corrected chi connectivity index (χ0v) is 14.6. The van der Waals surface area contributed by atoms with Crippen LogP contribution < -0.4 is 10.6 Å². The van der Waals surface area contributed by atoms with Crippen molar-refractivity contribution in [2.75, 3.05) is 5.32 Å². The molecule has 0 radical (unpaired) electrons. The summed E-state index contributed by atoms with van der Waals surface area (Å²) in [5, 5.41) is 12.4. The largest absolute Gasteiger partial charge is 0.334 e. The molecule has 1 aliphatic rings. The number of anilines is 1. The number of rotatable bonds is 5. The van der Waals surface area contributed by atoms with E-state index in [1.807, 2.05) is 30.8 Å². The van der Waals surface area contributed by atoms with E-state index >= 15 is 0 Å². The molecule has 0 saturated heterocycles. The quantitative estimate of drug-likeness (QED) is 0.737. The van der Waals surface area contributed by atoms with E-state index in [2.05, 4.69) is 25.7 Å². The molecular weight excluding hydrogens is 336 g/mol. The molecule has 2 N–H and O–H groups in total. The Labute approximate surface area is 149 Å². The smallest absolute Gasteiger partial charge is 0.321 e. The number of amides is 2. The summed E-state index contributed by atoms with van der Waals surface area (Å²) in [5.74, 6) is 0.597. The van der Waals surface area contributed by atoms with Gasteiger partial charge in [0.05, 0.1) is 17.6 Å². The fraction of sp³-hybridized carbons (Fsp3) is 0.294. The molecule has 1 saturated carbocycles. The van der Waals surface area contributed by atoms with Crippen LogP contribution in [0.15, 0.2) is 36.1 Å². The van der Waals surface area contributed by atoms with Crippen molar-refractivity contribution < 1.29 is 4.79 Å². The van der Waals surface area contributed by atoms with Crippen LogP contribution >= 0.6 is 11.3 Å².